The van der Waals surface area contributed by atoms with E-state index in [1.807, 2.05) is 12.1 Å². The van der Waals surface area contributed by atoms with Crippen molar-refractivity contribution in [1.82, 2.24) is 10.4 Å². The fourth-order valence-electron chi connectivity index (χ4n) is 2.85. The summed E-state index contributed by atoms with van der Waals surface area (Å²) < 4.78 is 0. The van der Waals surface area contributed by atoms with Crippen LogP contribution in [0.1, 0.15) is 22.6 Å². The predicted octanol–water partition coefficient (Wildman–Crippen LogP) is 1.38. The Kier molecular flexibility index (Phi) is 3.19. The second-order valence-electron chi connectivity index (χ2n) is 5.08. The molecule has 1 heterocycles. The zero-order valence-corrected chi connectivity index (χ0v) is 10.7. The lowest BCUT2D eigenvalue weighted by Crippen LogP contribution is -2.45. The minimum absolute atomic E-state index is 0.233. The summed E-state index contributed by atoms with van der Waals surface area (Å²) in [5.74, 6) is 6.77. The Labute approximate surface area is 112 Å². The Hall–Kier alpha value is -1.91. The lowest BCUT2D eigenvalue weighted by molar-refractivity contribution is 0.404. The van der Waals surface area contributed by atoms with Gasteiger partial charge in [-0.25, -0.2) is 4.98 Å². The number of benzene rings is 1. The first-order chi connectivity index (χ1) is 9.28. The molecule has 19 heavy (non-hydrogen) atoms. The molecule has 5 N–H and O–H groups in total. The molecule has 1 aliphatic rings. The summed E-state index contributed by atoms with van der Waals surface area (Å²) in [5.41, 5.74) is 12.7. The van der Waals surface area contributed by atoms with Gasteiger partial charge in [0.05, 0.1) is 0 Å². The van der Waals surface area contributed by atoms with Gasteiger partial charge in [-0.1, -0.05) is 24.3 Å². The molecule has 2 unspecified atom stereocenters. The summed E-state index contributed by atoms with van der Waals surface area (Å²) in [6, 6.07) is 12.7. The maximum absolute atomic E-state index is 5.73. The Morgan fingerprint density at radius 2 is 2.16 bits per heavy atom. The van der Waals surface area contributed by atoms with Gasteiger partial charge in [-0.05, 0) is 41.7 Å². The van der Waals surface area contributed by atoms with E-state index in [4.69, 9.17) is 11.6 Å². The van der Waals surface area contributed by atoms with E-state index in [2.05, 4.69) is 34.7 Å². The molecule has 0 spiro atoms. The number of hydrogen-bond acceptors (Lipinski definition) is 4. The number of nitrogens with two attached hydrogens (primary N) is 2. The first-order valence-electron chi connectivity index (χ1n) is 6.52. The molecule has 98 valence electrons. The predicted molar refractivity (Wildman–Crippen MR) is 76.4 cm³/mol. The van der Waals surface area contributed by atoms with E-state index < -0.39 is 0 Å². The molecule has 0 amide bonds. The summed E-state index contributed by atoms with van der Waals surface area (Å²) in [6.45, 7) is 0. The van der Waals surface area contributed by atoms with Crippen LogP contribution in [-0.2, 0) is 12.8 Å². The number of hydrogen-bond donors (Lipinski definition) is 3. The summed E-state index contributed by atoms with van der Waals surface area (Å²) in [7, 11) is 0. The van der Waals surface area contributed by atoms with Crippen LogP contribution in [0.5, 0.6) is 0 Å². The topological polar surface area (TPSA) is 77.0 Å². The van der Waals surface area contributed by atoms with E-state index in [1.165, 1.54) is 16.7 Å². The van der Waals surface area contributed by atoms with Gasteiger partial charge < -0.3 is 5.73 Å². The number of aromatic nitrogens is 1. The van der Waals surface area contributed by atoms with Crippen LogP contribution in [-0.4, -0.2) is 11.0 Å². The summed E-state index contributed by atoms with van der Waals surface area (Å²) in [5, 5.41) is 0. The van der Waals surface area contributed by atoms with Gasteiger partial charge in [-0.2, -0.15) is 0 Å². The molecule has 1 aromatic carbocycles. The quantitative estimate of drug-likeness (QED) is 0.569. The minimum atomic E-state index is 0.233. The Morgan fingerprint density at radius 1 is 1.32 bits per heavy atom. The number of hydrazine groups is 1. The highest BCUT2D eigenvalue weighted by Crippen LogP contribution is 2.38. The molecule has 4 heteroatoms. The van der Waals surface area contributed by atoms with Crippen molar-refractivity contribution in [3.8, 4) is 0 Å². The molecule has 0 aliphatic heterocycles. The van der Waals surface area contributed by atoms with Crippen molar-refractivity contribution < 1.29 is 0 Å². The van der Waals surface area contributed by atoms with Gasteiger partial charge in [-0.15, -0.1) is 0 Å². The molecule has 0 bridgehead atoms. The zero-order valence-electron chi connectivity index (χ0n) is 10.7. The fourth-order valence-corrected chi connectivity index (χ4v) is 2.85. The van der Waals surface area contributed by atoms with Crippen molar-refractivity contribution in [2.75, 3.05) is 5.73 Å². The Bertz CT molecular complexity index is 582. The van der Waals surface area contributed by atoms with Crippen molar-refractivity contribution in [2.45, 2.75) is 24.8 Å². The van der Waals surface area contributed by atoms with Gasteiger partial charge >= 0.3 is 0 Å². The van der Waals surface area contributed by atoms with E-state index in [1.54, 1.807) is 6.20 Å². The smallest absolute Gasteiger partial charge is 0.123 e. The normalized spacial score (nSPS) is 18.5. The number of fused-ring (bicyclic) bond motifs is 1. The minimum Gasteiger partial charge on any atom is -0.384 e. The van der Waals surface area contributed by atoms with Gasteiger partial charge in [0.15, 0.2) is 0 Å². The number of nitrogen functional groups attached to an aromatic ring is 1. The number of anilines is 1. The molecule has 0 saturated heterocycles. The molecule has 2 atom stereocenters. The molecule has 0 radical (unpaired) electrons. The fraction of sp³-hybridized carbons (Fsp3) is 0.267. The number of nitrogens with zero attached hydrogens (tertiary/aromatic N) is 1. The van der Waals surface area contributed by atoms with Crippen LogP contribution in [0.4, 0.5) is 5.82 Å². The van der Waals surface area contributed by atoms with Crippen LogP contribution < -0.4 is 17.0 Å². The van der Waals surface area contributed by atoms with Crippen LogP contribution in [0.15, 0.2) is 42.6 Å². The molecule has 4 nitrogen and oxygen atoms in total. The molecule has 1 aromatic heterocycles. The lowest BCUT2D eigenvalue weighted by atomic mass is 9.72. The molecular weight excluding hydrogens is 236 g/mol. The second-order valence-corrected chi connectivity index (χ2v) is 5.08. The lowest BCUT2D eigenvalue weighted by Gasteiger charge is -2.36. The summed E-state index contributed by atoms with van der Waals surface area (Å²) in [6.07, 6.45) is 3.70. The van der Waals surface area contributed by atoms with Crippen LogP contribution in [0.2, 0.25) is 0 Å². The first-order valence-corrected chi connectivity index (χ1v) is 6.52. The average molecular weight is 254 g/mol. The maximum atomic E-state index is 5.73. The van der Waals surface area contributed by atoms with E-state index in [9.17, 15) is 0 Å². The van der Waals surface area contributed by atoms with E-state index >= 15 is 0 Å². The van der Waals surface area contributed by atoms with Gasteiger partial charge in [0, 0.05) is 18.2 Å². The van der Waals surface area contributed by atoms with E-state index in [0.717, 1.165) is 12.8 Å². The van der Waals surface area contributed by atoms with Gasteiger partial charge in [0.25, 0.3) is 0 Å². The highest BCUT2D eigenvalue weighted by molar-refractivity contribution is 5.42. The maximum Gasteiger partial charge on any atom is 0.123 e. The van der Waals surface area contributed by atoms with Gasteiger partial charge in [0.2, 0.25) is 0 Å². The molecular formula is C15H18N4. The second kappa shape index (κ2) is 4.99. The van der Waals surface area contributed by atoms with Gasteiger partial charge in [0.1, 0.15) is 5.82 Å². The number of pyridine rings is 1. The van der Waals surface area contributed by atoms with Crippen molar-refractivity contribution >= 4 is 5.82 Å². The Balaban J connectivity index is 1.76. The number of rotatable bonds is 4. The van der Waals surface area contributed by atoms with Crippen molar-refractivity contribution in [2.24, 2.45) is 5.84 Å². The van der Waals surface area contributed by atoms with Crippen LogP contribution in [0.25, 0.3) is 0 Å². The van der Waals surface area contributed by atoms with E-state index in [0.29, 0.717) is 11.7 Å². The van der Waals surface area contributed by atoms with Crippen molar-refractivity contribution in [1.29, 1.82) is 0 Å². The monoisotopic (exact) mass is 254 g/mol. The third-order valence-corrected chi connectivity index (χ3v) is 3.90. The van der Waals surface area contributed by atoms with Crippen molar-refractivity contribution in [3.63, 3.8) is 0 Å². The molecule has 2 aromatic rings. The molecule has 0 fully saturated rings. The van der Waals surface area contributed by atoms with Crippen LogP contribution in [0.3, 0.4) is 0 Å². The van der Waals surface area contributed by atoms with Crippen LogP contribution >= 0.6 is 0 Å². The highest BCUT2D eigenvalue weighted by atomic mass is 15.2. The third-order valence-electron chi connectivity index (χ3n) is 3.90. The first kappa shape index (κ1) is 12.1. The summed E-state index contributed by atoms with van der Waals surface area (Å²) >= 11 is 0. The largest absolute Gasteiger partial charge is 0.384 e. The number of nitrogens with one attached hydrogen (secondary N) is 1. The van der Waals surface area contributed by atoms with Crippen molar-refractivity contribution in [3.05, 3.63) is 59.3 Å². The molecule has 3 rings (SSSR count). The third kappa shape index (κ3) is 2.32. The SMILES string of the molecule is NNC(Cc1ccnc(N)c1)C1Cc2ccccc21. The average Bonchev–Trinajstić information content (AvgIpc) is 2.39. The zero-order chi connectivity index (χ0) is 13.2. The highest BCUT2D eigenvalue weighted by Gasteiger charge is 2.32. The van der Waals surface area contributed by atoms with E-state index in [-0.39, 0.29) is 6.04 Å². The molecule has 1 aliphatic carbocycles. The standard InChI is InChI=1S/C15H18N4/c16-15-8-10(5-6-18-15)7-14(19-17)13-9-11-3-1-2-4-12(11)13/h1-6,8,13-14,19H,7,9,17H2,(H2,16,18). The summed E-state index contributed by atoms with van der Waals surface area (Å²) in [4.78, 5) is 4.01. The Morgan fingerprint density at radius 3 is 2.89 bits per heavy atom. The molecule has 0 saturated carbocycles. The van der Waals surface area contributed by atoms with Gasteiger partial charge in [-0.3, -0.25) is 11.3 Å². The van der Waals surface area contributed by atoms with Crippen LogP contribution in [0, 0.1) is 0 Å².